The standard InChI is InChI=1S/C11H11N3O3/c1-14-9(5-6-12-14)13-11(17)10-7(15)3-2-4-8(10)16/h2-6,15-16H,1H3,(H,13,17). The van der Waals surface area contributed by atoms with Crippen molar-refractivity contribution in [2.45, 2.75) is 0 Å². The van der Waals surface area contributed by atoms with E-state index in [2.05, 4.69) is 10.4 Å². The SMILES string of the molecule is Cn1nccc1NC(=O)c1c(O)cccc1O. The topological polar surface area (TPSA) is 87.4 Å². The Morgan fingerprint density at radius 3 is 2.47 bits per heavy atom. The van der Waals surface area contributed by atoms with Crippen LogP contribution in [0.25, 0.3) is 0 Å². The van der Waals surface area contributed by atoms with E-state index in [1.807, 2.05) is 0 Å². The largest absolute Gasteiger partial charge is 0.507 e. The summed E-state index contributed by atoms with van der Waals surface area (Å²) in [5.41, 5.74) is -0.159. The normalized spacial score (nSPS) is 10.2. The molecule has 1 aromatic heterocycles. The van der Waals surface area contributed by atoms with Crippen molar-refractivity contribution in [1.29, 1.82) is 0 Å². The molecule has 1 amide bonds. The van der Waals surface area contributed by atoms with E-state index in [-0.39, 0.29) is 17.1 Å². The molecule has 1 aromatic carbocycles. The zero-order valence-corrected chi connectivity index (χ0v) is 9.08. The van der Waals surface area contributed by atoms with Crippen molar-refractivity contribution in [3.63, 3.8) is 0 Å². The molecule has 0 unspecified atom stereocenters. The number of anilines is 1. The van der Waals surface area contributed by atoms with Gasteiger partial charge in [-0.15, -0.1) is 0 Å². The molecule has 0 spiro atoms. The highest BCUT2D eigenvalue weighted by Crippen LogP contribution is 2.26. The molecule has 6 nitrogen and oxygen atoms in total. The number of hydrogen-bond donors (Lipinski definition) is 3. The molecule has 17 heavy (non-hydrogen) atoms. The van der Waals surface area contributed by atoms with Crippen LogP contribution in [0.3, 0.4) is 0 Å². The lowest BCUT2D eigenvalue weighted by Gasteiger charge is -2.08. The van der Waals surface area contributed by atoms with Gasteiger partial charge in [0.2, 0.25) is 0 Å². The summed E-state index contributed by atoms with van der Waals surface area (Å²) < 4.78 is 1.47. The van der Waals surface area contributed by atoms with Gasteiger partial charge >= 0.3 is 0 Å². The second kappa shape index (κ2) is 4.17. The first-order chi connectivity index (χ1) is 8.09. The maximum Gasteiger partial charge on any atom is 0.264 e. The Morgan fingerprint density at radius 2 is 1.94 bits per heavy atom. The van der Waals surface area contributed by atoms with Crippen LogP contribution in [0.15, 0.2) is 30.5 Å². The third-order valence-corrected chi connectivity index (χ3v) is 2.31. The molecule has 2 aromatic rings. The molecule has 0 aliphatic heterocycles. The van der Waals surface area contributed by atoms with E-state index in [0.29, 0.717) is 5.82 Å². The van der Waals surface area contributed by atoms with E-state index in [0.717, 1.165) is 0 Å². The molecule has 0 bridgehead atoms. The molecular weight excluding hydrogens is 222 g/mol. The van der Waals surface area contributed by atoms with Crippen molar-refractivity contribution in [2.24, 2.45) is 7.05 Å². The van der Waals surface area contributed by atoms with E-state index >= 15 is 0 Å². The Balaban J connectivity index is 2.30. The fraction of sp³-hybridized carbons (Fsp3) is 0.0909. The van der Waals surface area contributed by atoms with Crippen LogP contribution in [0, 0.1) is 0 Å². The summed E-state index contributed by atoms with van der Waals surface area (Å²) in [6.07, 6.45) is 1.53. The van der Waals surface area contributed by atoms with Crippen molar-refractivity contribution < 1.29 is 15.0 Å². The quantitative estimate of drug-likeness (QED) is 0.724. The van der Waals surface area contributed by atoms with Crippen molar-refractivity contribution in [3.8, 4) is 11.5 Å². The maximum atomic E-state index is 11.8. The minimum absolute atomic E-state index is 0.159. The number of nitrogens with zero attached hydrogens (tertiary/aromatic N) is 2. The molecule has 0 fully saturated rings. The van der Waals surface area contributed by atoms with Gasteiger partial charge in [-0.2, -0.15) is 5.10 Å². The van der Waals surface area contributed by atoms with Crippen LogP contribution in [0.2, 0.25) is 0 Å². The predicted octanol–water partition coefficient (Wildman–Crippen LogP) is 1.08. The maximum absolute atomic E-state index is 11.8. The van der Waals surface area contributed by atoms with Crippen LogP contribution in [0.4, 0.5) is 5.82 Å². The number of benzene rings is 1. The van der Waals surface area contributed by atoms with Crippen LogP contribution in [0.1, 0.15) is 10.4 Å². The van der Waals surface area contributed by atoms with Gasteiger partial charge in [0.1, 0.15) is 22.9 Å². The molecular formula is C11H11N3O3. The molecule has 0 aliphatic rings. The molecule has 0 saturated carbocycles. The summed E-state index contributed by atoms with van der Waals surface area (Å²) in [5.74, 6) is -0.670. The third kappa shape index (κ3) is 2.05. The Bertz CT molecular complexity index is 543. The second-order valence-corrected chi connectivity index (χ2v) is 3.47. The van der Waals surface area contributed by atoms with Gasteiger partial charge in [-0.25, -0.2) is 0 Å². The van der Waals surface area contributed by atoms with Crippen LogP contribution in [-0.2, 0) is 7.05 Å². The molecule has 6 heteroatoms. The minimum atomic E-state index is -0.593. The fourth-order valence-corrected chi connectivity index (χ4v) is 1.44. The Hall–Kier alpha value is -2.50. The van der Waals surface area contributed by atoms with Gasteiger partial charge in [0, 0.05) is 13.1 Å². The van der Waals surface area contributed by atoms with Crippen molar-refractivity contribution in [2.75, 3.05) is 5.32 Å². The van der Waals surface area contributed by atoms with Gasteiger partial charge in [0.15, 0.2) is 0 Å². The van der Waals surface area contributed by atoms with Crippen LogP contribution in [0.5, 0.6) is 11.5 Å². The van der Waals surface area contributed by atoms with E-state index in [4.69, 9.17) is 0 Å². The molecule has 0 radical (unpaired) electrons. The van der Waals surface area contributed by atoms with Crippen molar-refractivity contribution in [3.05, 3.63) is 36.0 Å². The highest BCUT2D eigenvalue weighted by atomic mass is 16.3. The van der Waals surface area contributed by atoms with Gasteiger partial charge in [-0.05, 0) is 12.1 Å². The minimum Gasteiger partial charge on any atom is -0.507 e. The number of aryl methyl sites for hydroxylation is 1. The monoisotopic (exact) mass is 233 g/mol. The predicted molar refractivity (Wildman–Crippen MR) is 60.9 cm³/mol. The number of hydrogen-bond acceptors (Lipinski definition) is 4. The number of phenols is 2. The van der Waals surface area contributed by atoms with Gasteiger partial charge < -0.3 is 15.5 Å². The average molecular weight is 233 g/mol. The zero-order chi connectivity index (χ0) is 12.4. The molecule has 0 atom stereocenters. The third-order valence-electron chi connectivity index (χ3n) is 2.31. The number of phenolic OH excluding ortho intramolecular Hbond substituents is 2. The first kappa shape index (κ1) is 11.0. The summed E-state index contributed by atoms with van der Waals surface area (Å²) in [7, 11) is 1.67. The summed E-state index contributed by atoms with van der Waals surface area (Å²) in [6.45, 7) is 0. The van der Waals surface area contributed by atoms with Crippen LogP contribution in [-0.4, -0.2) is 25.9 Å². The Labute approximate surface area is 97.1 Å². The lowest BCUT2D eigenvalue weighted by molar-refractivity contribution is 0.102. The lowest BCUT2D eigenvalue weighted by Crippen LogP contribution is -2.14. The number of carbonyl (C=O) groups excluding carboxylic acids is 1. The van der Waals surface area contributed by atoms with E-state index < -0.39 is 5.91 Å². The molecule has 0 saturated heterocycles. The molecule has 88 valence electrons. The first-order valence-electron chi connectivity index (χ1n) is 4.90. The number of aromatic hydroxyl groups is 2. The number of rotatable bonds is 2. The molecule has 1 heterocycles. The highest BCUT2D eigenvalue weighted by Gasteiger charge is 2.16. The van der Waals surface area contributed by atoms with E-state index in [1.54, 1.807) is 13.1 Å². The van der Waals surface area contributed by atoms with Gasteiger partial charge in [0.05, 0.1) is 6.20 Å². The molecule has 2 rings (SSSR count). The molecule has 0 aliphatic carbocycles. The zero-order valence-electron chi connectivity index (χ0n) is 9.08. The smallest absolute Gasteiger partial charge is 0.264 e. The summed E-state index contributed by atoms with van der Waals surface area (Å²) >= 11 is 0. The summed E-state index contributed by atoms with van der Waals surface area (Å²) in [5, 5.41) is 25.4. The lowest BCUT2D eigenvalue weighted by atomic mass is 10.1. The van der Waals surface area contributed by atoms with Gasteiger partial charge in [-0.3, -0.25) is 9.48 Å². The van der Waals surface area contributed by atoms with Gasteiger partial charge in [0.25, 0.3) is 5.91 Å². The first-order valence-corrected chi connectivity index (χ1v) is 4.90. The van der Waals surface area contributed by atoms with Crippen molar-refractivity contribution in [1.82, 2.24) is 9.78 Å². The number of amides is 1. The summed E-state index contributed by atoms with van der Waals surface area (Å²) in [6, 6.07) is 5.72. The second-order valence-electron chi connectivity index (χ2n) is 3.47. The van der Waals surface area contributed by atoms with E-state index in [9.17, 15) is 15.0 Å². The molecule has 3 N–H and O–H groups in total. The number of carbonyl (C=O) groups is 1. The number of aromatic nitrogens is 2. The van der Waals surface area contributed by atoms with Crippen LogP contribution < -0.4 is 5.32 Å². The van der Waals surface area contributed by atoms with Gasteiger partial charge in [-0.1, -0.05) is 6.07 Å². The van der Waals surface area contributed by atoms with E-state index in [1.165, 1.54) is 29.1 Å². The van der Waals surface area contributed by atoms with Crippen molar-refractivity contribution >= 4 is 11.7 Å². The fourth-order valence-electron chi connectivity index (χ4n) is 1.44. The number of nitrogens with one attached hydrogen (secondary N) is 1. The van der Waals surface area contributed by atoms with Crippen LogP contribution >= 0.6 is 0 Å². The highest BCUT2D eigenvalue weighted by molar-refractivity contribution is 6.07. The Morgan fingerprint density at radius 1 is 1.29 bits per heavy atom. The average Bonchev–Trinajstić information content (AvgIpc) is 2.64. The Kier molecular flexibility index (Phi) is 2.70. The summed E-state index contributed by atoms with van der Waals surface area (Å²) in [4.78, 5) is 11.8.